The van der Waals surface area contributed by atoms with Crippen LogP contribution in [0.3, 0.4) is 0 Å². The van der Waals surface area contributed by atoms with Gasteiger partial charge in [-0.15, -0.1) is 0 Å². The van der Waals surface area contributed by atoms with Gasteiger partial charge in [0.2, 0.25) is 0 Å². The Kier molecular flexibility index (Phi) is 10.4. The van der Waals surface area contributed by atoms with Crippen LogP contribution in [0, 0.1) is 6.92 Å². The van der Waals surface area contributed by atoms with Gasteiger partial charge in [0.05, 0.1) is 0 Å². The first kappa shape index (κ1) is 20.9. The molecule has 3 nitrogen and oxygen atoms in total. The van der Waals surface area contributed by atoms with Crippen molar-refractivity contribution >= 4 is 32.1 Å². The van der Waals surface area contributed by atoms with Crippen molar-refractivity contribution in [3.8, 4) is 0 Å². The Hall–Kier alpha value is -0.100. The molecule has 0 heterocycles. The molecule has 0 aliphatic rings. The van der Waals surface area contributed by atoms with Crippen molar-refractivity contribution in [1.82, 2.24) is 0 Å². The van der Waals surface area contributed by atoms with E-state index in [9.17, 15) is 4.57 Å². The molecule has 0 atom stereocenters. The number of benzene rings is 1. The van der Waals surface area contributed by atoms with Crippen LogP contribution in [0.1, 0.15) is 52.0 Å². The SMILES string of the molecule is CCCCC/C(=C/P(=O)(OCC)OCC)[Te]c1ccc(C)cc1. The van der Waals surface area contributed by atoms with Gasteiger partial charge >= 0.3 is 152 Å². The summed E-state index contributed by atoms with van der Waals surface area (Å²) in [4.78, 5) is 0. The van der Waals surface area contributed by atoms with Gasteiger partial charge < -0.3 is 0 Å². The van der Waals surface area contributed by atoms with Gasteiger partial charge in [0, 0.05) is 0 Å². The topological polar surface area (TPSA) is 35.5 Å². The summed E-state index contributed by atoms with van der Waals surface area (Å²) in [5.41, 5.74) is 1.27. The van der Waals surface area contributed by atoms with E-state index in [1.54, 1.807) is 0 Å². The van der Waals surface area contributed by atoms with Crippen molar-refractivity contribution in [2.45, 2.75) is 53.4 Å². The fraction of sp³-hybridized carbons (Fsp3) is 0.556. The van der Waals surface area contributed by atoms with Gasteiger partial charge in [0.15, 0.2) is 0 Å². The van der Waals surface area contributed by atoms with E-state index in [4.69, 9.17) is 9.05 Å². The number of rotatable bonds is 11. The standard InChI is InChI=1S/C18H29O3PTe/c1-5-8-9-10-18(15-22(19,20-6-2)21-7-3)23-17-13-11-16(4)12-14-17/h11-15H,5-10H2,1-4H3/b18-15-. The fourth-order valence-electron chi connectivity index (χ4n) is 2.10. The third-order valence-electron chi connectivity index (χ3n) is 3.22. The van der Waals surface area contributed by atoms with Gasteiger partial charge in [-0.05, 0) is 0 Å². The molecule has 0 bridgehead atoms. The number of hydrogen-bond acceptors (Lipinski definition) is 3. The van der Waals surface area contributed by atoms with Crippen LogP contribution >= 0.6 is 7.60 Å². The minimum atomic E-state index is -3.10. The molecule has 0 saturated carbocycles. The summed E-state index contributed by atoms with van der Waals surface area (Å²) in [5, 5.41) is 0. The van der Waals surface area contributed by atoms with Crippen molar-refractivity contribution in [3.05, 3.63) is 39.3 Å². The van der Waals surface area contributed by atoms with Crippen LogP contribution in [-0.4, -0.2) is 34.1 Å². The van der Waals surface area contributed by atoms with Crippen LogP contribution in [0.4, 0.5) is 0 Å². The molecule has 0 amide bonds. The third-order valence-corrected chi connectivity index (χ3v) is 8.74. The average Bonchev–Trinajstić information content (AvgIpc) is 2.50. The summed E-state index contributed by atoms with van der Waals surface area (Å²) in [6, 6.07) is 8.68. The molecule has 5 heteroatoms. The van der Waals surface area contributed by atoms with Gasteiger partial charge in [-0.1, -0.05) is 0 Å². The van der Waals surface area contributed by atoms with Gasteiger partial charge in [0.1, 0.15) is 0 Å². The van der Waals surface area contributed by atoms with Gasteiger partial charge in [0.25, 0.3) is 0 Å². The zero-order valence-corrected chi connectivity index (χ0v) is 17.9. The molecule has 1 aromatic carbocycles. The molecule has 0 spiro atoms. The fourth-order valence-corrected chi connectivity index (χ4v) is 7.48. The van der Waals surface area contributed by atoms with Gasteiger partial charge in [-0.3, -0.25) is 0 Å². The zero-order valence-electron chi connectivity index (χ0n) is 14.7. The maximum atomic E-state index is 12.8. The van der Waals surface area contributed by atoms with Crippen LogP contribution in [0.2, 0.25) is 0 Å². The Morgan fingerprint density at radius 3 is 2.22 bits per heavy atom. The molecular weight excluding hydrogens is 423 g/mol. The van der Waals surface area contributed by atoms with Crippen LogP contribution in [0.25, 0.3) is 0 Å². The van der Waals surface area contributed by atoms with Crippen molar-refractivity contribution < 1.29 is 13.6 Å². The molecule has 1 aromatic rings. The molecule has 0 unspecified atom stereocenters. The molecule has 130 valence electrons. The Balaban J connectivity index is 2.94. The second kappa shape index (κ2) is 11.5. The van der Waals surface area contributed by atoms with E-state index in [2.05, 4.69) is 38.1 Å². The van der Waals surface area contributed by atoms with Crippen molar-refractivity contribution in [2.75, 3.05) is 13.2 Å². The average molecular weight is 452 g/mol. The summed E-state index contributed by atoms with van der Waals surface area (Å²) in [7, 11) is -3.10. The molecule has 23 heavy (non-hydrogen) atoms. The van der Waals surface area contributed by atoms with E-state index in [-0.39, 0.29) is 0 Å². The Morgan fingerprint density at radius 1 is 1.09 bits per heavy atom. The summed E-state index contributed by atoms with van der Waals surface area (Å²) in [5.74, 6) is 1.82. The number of unbranched alkanes of at least 4 members (excludes halogenated alkanes) is 2. The van der Waals surface area contributed by atoms with Crippen molar-refractivity contribution in [2.24, 2.45) is 0 Å². The molecule has 0 fully saturated rings. The molecule has 0 aliphatic carbocycles. The van der Waals surface area contributed by atoms with Crippen LogP contribution in [0.5, 0.6) is 0 Å². The van der Waals surface area contributed by atoms with Crippen LogP contribution in [0.15, 0.2) is 33.7 Å². The Labute approximate surface area is 151 Å². The molecule has 0 saturated heterocycles. The van der Waals surface area contributed by atoms with Crippen LogP contribution in [-0.2, 0) is 13.6 Å². The summed E-state index contributed by atoms with van der Waals surface area (Å²) >= 11 is -0.535. The Bertz CT molecular complexity index is 516. The van der Waals surface area contributed by atoms with Gasteiger partial charge in [-0.2, -0.15) is 0 Å². The number of hydrogen-bond donors (Lipinski definition) is 0. The molecule has 0 radical (unpaired) electrons. The van der Waals surface area contributed by atoms with E-state index in [1.807, 2.05) is 19.7 Å². The molecular formula is C18H29O3PTe. The monoisotopic (exact) mass is 454 g/mol. The number of allylic oxidation sites excluding steroid dienone is 1. The second-order valence-electron chi connectivity index (χ2n) is 5.34. The zero-order chi connectivity index (χ0) is 17.1. The predicted octanol–water partition coefficient (Wildman–Crippen LogP) is 5.01. The normalized spacial score (nSPS) is 12.6. The first-order valence-corrected chi connectivity index (χ1v) is 12.3. The molecule has 0 aromatic heterocycles. The van der Waals surface area contributed by atoms with E-state index in [0.29, 0.717) is 13.2 Å². The summed E-state index contributed by atoms with van der Waals surface area (Å²) in [6.07, 6.45) is 4.52. The molecule has 1 rings (SSSR count). The number of aryl methyl sites for hydroxylation is 1. The molecule has 0 N–H and O–H groups in total. The second-order valence-corrected chi connectivity index (χ2v) is 10.6. The Morgan fingerprint density at radius 2 is 1.70 bits per heavy atom. The maximum absolute atomic E-state index is 12.8. The van der Waals surface area contributed by atoms with Crippen molar-refractivity contribution in [1.29, 1.82) is 0 Å². The molecule has 0 aliphatic heterocycles. The quantitative estimate of drug-likeness (QED) is 0.269. The predicted molar refractivity (Wildman–Crippen MR) is 99.7 cm³/mol. The first-order chi connectivity index (χ1) is 11.0. The van der Waals surface area contributed by atoms with Crippen molar-refractivity contribution in [3.63, 3.8) is 0 Å². The summed E-state index contributed by atoms with van der Waals surface area (Å²) < 4.78 is 26.3. The van der Waals surface area contributed by atoms with E-state index < -0.39 is 28.5 Å². The van der Waals surface area contributed by atoms with E-state index in [0.717, 1.165) is 12.8 Å². The minimum absolute atomic E-state index is 0.404. The summed E-state index contributed by atoms with van der Waals surface area (Å²) in [6.45, 7) is 8.81. The van der Waals surface area contributed by atoms with E-state index >= 15 is 0 Å². The van der Waals surface area contributed by atoms with Crippen LogP contribution < -0.4 is 3.61 Å². The first-order valence-electron chi connectivity index (χ1n) is 8.38. The van der Waals surface area contributed by atoms with Gasteiger partial charge in [-0.25, -0.2) is 0 Å². The third kappa shape index (κ3) is 8.52. The van der Waals surface area contributed by atoms with E-state index in [1.165, 1.54) is 25.6 Å².